The molecule has 0 N–H and O–H groups in total. The van der Waals surface area contributed by atoms with Gasteiger partial charge in [0.2, 0.25) is 0 Å². The highest BCUT2D eigenvalue weighted by Crippen LogP contribution is 2.56. The summed E-state index contributed by atoms with van der Waals surface area (Å²) in [7, 11) is 0. The third-order valence-corrected chi connectivity index (χ3v) is 16.0. The summed E-state index contributed by atoms with van der Waals surface area (Å²) in [5.74, 6) is 3.90. The first-order chi connectivity index (χ1) is 29.0. The van der Waals surface area contributed by atoms with Gasteiger partial charge in [-0.25, -0.2) is 0 Å². The van der Waals surface area contributed by atoms with Crippen LogP contribution in [0.2, 0.25) is 0 Å². The van der Waals surface area contributed by atoms with Gasteiger partial charge in [0.05, 0.1) is 0 Å². The van der Waals surface area contributed by atoms with Gasteiger partial charge in [0, 0.05) is 22.5 Å². The third kappa shape index (κ3) is 6.68. The Balaban J connectivity index is 1.04. The van der Waals surface area contributed by atoms with Crippen LogP contribution in [0.5, 0.6) is 0 Å². The van der Waals surface area contributed by atoms with Gasteiger partial charge in [0.1, 0.15) is 0 Å². The summed E-state index contributed by atoms with van der Waals surface area (Å²) in [5.41, 5.74) is 19.2. The van der Waals surface area contributed by atoms with E-state index in [2.05, 4.69) is 152 Å². The van der Waals surface area contributed by atoms with Crippen molar-refractivity contribution in [3.8, 4) is 33.4 Å². The van der Waals surface area contributed by atoms with Crippen LogP contribution in [-0.4, -0.2) is 0 Å². The second kappa shape index (κ2) is 15.3. The molecule has 0 spiro atoms. The molecule has 4 fully saturated rings. The summed E-state index contributed by atoms with van der Waals surface area (Å²) in [4.78, 5) is 2.56. The molecule has 0 aromatic heterocycles. The molecule has 0 aliphatic heterocycles. The van der Waals surface area contributed by atoms with Crippen LogP contribution in [0.4, 0.5) is 17.1 Å². The molecular formula is C58H61N. The van der Waals surface area contributed by atoms with Crippen molar-refractivity contribution < 1.29 is 0 Å². The summed E-state index contributed by atoms with van der Waals surface area (Å²) >= 11 is 0. The van der Waals surface area contributed by atoms with Crippen LogP contribution >= 0.6 is 0 Å². The molecule has 59 heavy (non-hydrogen) atoms. The van der Waals surface area contributed by atoms with Gasteiger partial charge in [-0.15, -0.1) is 0 Å². The molecule has 298 valence electrons. The monoisotopic (exact) mass is 771 g/mol. The van der Waals surface area contributed by atoms with Crippen LogP contribution in [0.25, 0.3) is 33.4 Å². The highest BCUT2D eigenvalue weighted by molar-refractivity contribution is 5.96. The molecule has 4 saturated carbocycles. The van der Waals surface area contributed by atoms with E-state index < -0.39 is 0 Å². The first-order valence-electron chi connectivity index (χ1n) is 23.5. The topological polar surface area (TPSA) is 3.24 Å². The van der Waals surface area contributed by atoms with E-state index in [1.54, 1.807) is 5.56 Å². The fourth-order valence-corrected chi connectivity index (χ4v) is 12.8. The maximum atomic E-state index is 2.56. The van der Waals surface area contributed by atoms with Crippen LogP contribution in [-0.2, 0) is 5.41 Å². The number of benzene rings is 6. The Morgan fingerprint density at radius 3 is 1.73 bits per heavy atom. The van der Waals surface area contributed by atoms with Crippen molar-refractivity contribution in [2.24, 2.45) is 11.8 Å². The van der Waals surface area contributed by atoms with Crippen molar-refractivity contribution in [1.29, 1.82) is 0 Å². The predicted molar refractivity (Wildman–Crippen MR) is 249 cm³/mol. The fraction of sp³-hybridized carbons (Fsp3) is 0.379. The van der Waals surface area contributed by atoms with Gasteiger partial charge in [-0.05, 0) is 172 Å². The number of nitrogens with zero attached hydrogens (tertiary/aromatic N) is 1. The number of fused-ring (bicyclic) bond motifs is 5. The van der Waals surface area contributed by atoms with Crippen LogP contribution in [0.3, 0.4) is 0 Å². The molecule has 0 amide bonds. The molecule has 6 aromatic carbocycles. The maximum Gasteiger partial charge on any atom is 0.0471 e. The van der Waals surface area contributed by atoms with Crippen molar-refractivity contribution in [1.82, 2.24) is 0 Å². The van der Waals surface area contributed by atoms with Crippen molar-refractivity contribution in [3.63, 3.8) is 0 Å². The molecule has 5 aliphatic rings. The molecular weight excluding hydrogens is 711 g/mol. The van der Waals surface area contributed by atoms with Crippen LogP contribution < -0.4 is 4.90 Å². The van der Waals surface area contributed by atoms with Gasteiger partial charge in [-0.3, -0.25) is 0 Å². The largest absolute Gasteiger partial charge is 0.310 e. The lowest BCUT2D eigenvalue weighted by Crippen LogP contribution is -2.17. The molecule has 5 aliphatic carbocycles. The molecule has 3 unspecified atom stereocenters. The highest BCUT2D eigenvalue weighted by atomic mass is 15.1. The Kier molecular flexibility index (Phi) is 9.63. The summed E-state index contributed by atoms with van der Waals surface area (Å²) in [6, 6.07) is 52.6. The van der Waals surface area contributed by atoms with E-state index in [1.807, 2.05) is 0 Å². The van der Waals surface area contributed by atoms with Gasteiger partial charge in [-0.2, -0.15) is 0 Å². The van der Waals surface area contributed by atoms with Gasteiger partial charge >= 0.3 is 0 Å². The second-order valence-corrected chi connectivity index (χ2v) is 19.7. The standard InChI is InChI=1S/C58H61N/c1-58(2)55-20-12-11-19-52(55)57-54(45-25-23-41(24-26-45)40-13-5-3-6-14-40)37-49(38-56(57)58)59(48-33-29-44(30-34-48)53-36-39-21-22-46(53)35-39)47-31-27-43(28-32-47)51-18-10-9-17-50(51)42-15-7-4-8-16-42/h9-12,17-20,23-34,37-40,42,46,53H,3-8,13-16,21-22,35-36H2,1-2H3. The van der Waals surface area contributed by atoms with Crippen molar-refractivity contribution in [3.05, 3.63) is 161 Å². The van der Waals surface area contributed by atoms with Gasteiger partial charge in [-0.1, -0.05) is 156 Å². The van der Waals surface area contributed by atoms with Crippen LogP contribution in [0.1, 0.15) is 149 Å². The van der Waals surface area contributed by atoms with Crippen molar-refractivity contribution in [2.45, 2.75) is 127 Å². The predicted octanol–water partition coefficient (Wildman–Crippen LogP) is 16.8. The molecule has 3 atom stereocenters. The minimum atomic E-state index is -0.122. The molecule has 0 heterocycles. The van der Waals surface area contributed by atoms with Crippen molar-refractivity contribution >= 4 is 17.1 Å². The zero-order valence-corrected chi connectivity index (χ0v) is 35.4. The molecule has 2 bridgehead atoms. The first kappa shape index (κ1) is 37.1. The highest BCUT2D eigenvalue weighted by Gasteiger charge is 2.41. The average Bonchev–Trinajstić information content (AvgIpc) is 4.00. The summed E-state index contributed by atoms with van der Waals surface area (Å²) < 4.78 is 0. The van der Waals surface area contributed by atoms with Crippen molar-refractivity contribution in [2.75, 3.05) is 4.90 Å². The SMILES string of the molecule is CC1(C)c2ccccc2-c2c(-c3ccc(C4CCCCC4)cc3)cc(N(c3ccc(-c4ccccc4C4CCCCC4)cc3)c3ccc(C4CC5CCC4C5)cc3)cc21. The third-order valence-electron chi connectivity index (χ3n) is 16.0. The summed E-state index contributed by atoms with van der Waals surface area (Å²) in [6.45, 7) is 4.87. The van der Waals surface area contributed by atoms with E-state index in [-0.39, 0.29) is 5.41 Å². The minimum absolute atomic E-state index is 0.122. The molecule has 0 radical (unpaired) electrons. The smallest absolute Gasteiger partial charge is 0.0471 e. The van der Waals surface area contributed by atoms with Gasteiger partial charge in [0.25, 0.3) is 0 Å². The normalized spacial score (nSPS) is 22.3. The van der Waals surface area contributed by atoms with Crippen LogP contribution in [0, 0.1) is 11.8 Å². The Labute approximate surface area is 353 Å². The summed E-state index contributed by atoms with van der Waals surface area (Å²) in [6.07, 6.45) is 19.1. The molecule has 1 nitrogen and oxygen atoms in total. The first-order valence-corrected chi connectivity index (χ1v) is 23.5. The lowest BCUT2D eigenvalue weighted by atomic mass is 9.81. The van der Waals surface area contributed by atoms with E-state index in [1.165, 1.54) is 163 Å². The van der Waals surface area contributed by atoms with E-state index in [9.17, 15) is 0 Å². The molecule has 11 rings (SSSR count). The van der Waals surface area contributed by atoms with E-state index in [0.717, 1.165) is 17.8 Å². The lowest BCUT2D eigenvalue weighted by Gasteiger charge is -2.30. The zero-order valence-electron chi connectivity index (χ0n) is 35.4. The van der Waals surface area contributed by atoms with E-state index >= 15 is 0 Å². The van der Waals surface area contributed by atoms with Crippen LogP contribution in [0.15, 0.2) is 133 Å². The maximum absolute atomic E-state index is 2.56. The fourth-order valence-electron chi connectivity index (χ4n) is 12.8. The summed E-state index contributed by atoms with van der Waals surface area (Å²) in [5, 5.41) is 0. The quantitative estimate of drug-likeness (QED) is 0.149. The second-order valence-electron chi connectivity index (χ2n) is 19.7. The van der Waals surface area contributed by atoms with Gasteiger partial charge < -0.3 is 4.90 Å². The van der Waals surface area contributed by atoms with Gasteiger partial charge in [0.15, 0.2) is 0 Å². The number of hydrogen-bond donors (Lipinski definition) is 0. The Hall–Kier alpha value is -4.88. The average molecular weight is 772 g/mol. The number of hydrogen-bond acceptors (Lipinski definition) is 1. The zero-order chi connectivity index (χ0) is 39.5. The molecule has 0 saturated heterocycles. The number of rotatable bonds is 8. The Bertz CT molecular complexity index is 2440. The lowest BCUT2D eigenvalue weighted by molar-refractivity contribution is 0.420. The Morgan fingerprint density at radius 2 is 1.05 bits per heavy atom. The van der Waals surface area contributed by atoms with E-state index in [0.29, 0.717) is 11.8 Å². The molecule has 1 heteroatoms. The number of anilines is 3. The molecule has 6 aromatic rings. The van der Waals surface area contributed by atoms with E-state index in [4.69, 9.17) is 0 Å². The minimum Gasteiger partial charge on any atom is -0.310 e. The Morgan fingerprint density at radius 1 is 0.458 bits per heavy atom.